The van der Waals surface area contributed by atoms with E-state index in [9.17, 15) is 0 Å². The predicted molar refractivity (Wildman–Crippen MR) is 84.1 cm³/mol. The van der Waals surface area contributed by atoms with E-state index in [1.54, 1.807) is 0 Å². The summed E-state index contributed by atoms with van der Waals surface area (Å²) in [7, 11) is 0. The third kappa shape index (κ3) is 3.75. The quantitative estimate of drug-likeness (QED) is 0.838. The molecule has 1 fully saturated rings. The lowest BCUT2D eigenvalue weighted by Crippen LogP contribution is -2.26. The maximum absolute atomic E-state index is 4.59. The monoisotopic (exact) mass is 280 g/mol. The summed E-state index contributed by atoms with van der Waals surface area (Å²) in [6.07, 6.45) is 6.93. The topological polar surface area (TPSA) is 49.8 Å². The number of nitrogens with zero attached hydrogens (tertiary/aromatic N) is 2. The Hall–Kier alpha value is -0.970. The summed E-state index contributed by atoms with van der Waals surface area (Å²) in [5.74, 6) is 2.80. The molecule has 19 heavy (non-hydrogen) atoms. The van der Waals surface area contributed by atoms with Crippen LogP contribution < -0.4 is 10.6 Å². The van der Waals surface area contributed by atoms with Crippen LogP contribution in [0.25, 0.3) is 0 Å². The van der Waals surface area contributed by atoms with Crippen LogP contribution in [-0.4, -0.2) is 34.1 Å². The number of anilines is 2. The van der Waals surface area contributed by atoms with Crippen LogP contribution in [0.1, 0.15) is 38.9 Å². The number of rotatable bonds is 6. The average molecular weight is 280 g/mol. The second-order valence-electron chi connectivity index (χ2n) is 4.89. The van der Waals surface area contributed by atoms with E-state index < -0.39 is 0 Å². The van der Waals surface area contributed by atoms with E-state index in [4.69, 9.17) is 0 Å². The van der Waals surface area contributed by atoms with Crippen molar-refractivity contribution < 1.29 is 0 Å². The molecular formula is C14H24N4S. The first-order chi connectivity index (χ1) is 9.26. The van der Waals surface area contributed by atoms with Gasteiger partial charge in [-0.1, -0.05) is 13.3 Å². The number of aryl methyl sites for hydroxylation is 1. The molecule has 1 aliphatic carbocycles. The zero-order valence-corrected chi connectivity index (χ0v) is 12.9. The molecule has 2 N–H and O–H groups in total. The van der Waals surface area contributed by atoms with Gasteiger partial charge in [0.15, 0.2) is 0 Å². The third-order valence-electron chi connectivity index (χ3n) is 3.54. The zero-order chi connectivity index (χ0) is 13.7. The van der Waals surface area contributed by atoms with Crippen molar-refractivity contribution in [2.75, 3.05) is 23.4 Å². The van der Waals surface area contributed by atoms with E-state index in [-0.39, 0.29) is 0 Å². The Kier molecular flexibility index (Phi) is 5.31. The molecule has 0 amide bonds. The summed E-state index contributed by atoms with van der Waals surface area (Å²) in [5, 5.41) is 7.59. The number of hydrogen-bond acceptors (Lipinski definition) is 5. The molecule has 106 valence electrons. The lowest BCUT2D eigenvalue weighted by Gasteiger charge is -2.20. The zero-order valence-electron chi connectivity index (χ0n) is 12.1. The third-order valence-corrected chi connectivity index (χ3v) is 4.70. The first-order valence-corrected chi connectivity index (χ1v) is 8.46. The molecule has 1 aromatic rings. The fraction of sp³-hybridized carbons (Fsp3) is 0.714. The van der Waals surface area contributed by atoms with Crippen molar-refractivity contribution in [3.05, 3.63) is 11.9 Å². The van der Waals surface area contributed by atoms with Gasteiger partial charge in [-0.3, -0.25) is 0 Å². The summed E-state index contributed by atoms with van der Waals surface area (Å²) >= 11 is 1.96. The van der Waals surface area contributed by atoms with Gasteiger partial charge in [0.25, 0.3) is 0 Å². The van der Waals surface area contributed by atoms with Crippen molar-refractivity contribution in [1.82, 2.24) is 9.97 Å². The van der Waals surface area contributed by atoms with E-state index in [1.165, 1.54) is 19.3 Å². The van der Waals surface area contributed by atoms with Gasteiger partial charge in [0, 0.05) is 30.3 Å². The average Bonchev–Trinajstić information content (AvgIpc) is 2.86. The van der Waals surface area contributed by atoms with Gasteiger partial charge >= 0.3 is 0 Å². The molecule has 1 saturated carbocycles. The van der Waals surface area contributed by atoms with Crippen molar-refractivity contribution >= 4 is 23.4 Å². The molecule has 0 bridgehead atoms. The second-order valence-corrected chi connectivity index (χ2v) is 5.97. The molecular weight excluding hydrogens is 256 g/mol. The highest BCUT2D eigenvalue weighted by atomic mass is 32.2. The first kappa shape index (κ1) is 14.4. The van der Waals surface area contributed by atoms with Crippen molar-refractivity contribution in [3.8, 4) is 0 Å². The Morgan fingerprint density at radius 3 is 2.74 bits per heavy atom. The summed E-state index contributed by atoms with van der Waals surface area (Å²) in [4.78, 5) is 9.08. The Balaban J connectivity index is 2.12. The van der Waals surface area contributed by atoms with Crippen LogP contribution in [0.4, 0.5) is 11.6 Å². The number of thioether (sulfide) groups is 1. The molecule has 2 rings (SSSR count). The number of nitrogens with one attached hydrogen (secondary N) is 2. The molecule has 1 aromatic heterocycles. The van der Waals surface area contributed by atoms with E-state index >= 15 is 0 Å². The van der Waals surface area contributed by atoms with Crippen LogP contribution in [0.3, 0.4) is 0 Å². The fourth-order valence-corrected chi connectivity index (χ4v) is 3.50. The molecule has 0 aliphatic heterocycles. The van der Waals surface area contributed by atoms with Crippen molar-refractivity contribution in [2.24, 2.45) is 0 Å². The summed E-state index contributed by atoms with van der Waals surface area (Å²) in [6.45, 7) is 5.06. The van der Waals surface area contributed by atoms with Gasteiger partial charge in [0.05, 0.1) is 0 Å². The van der Waals surface area contributed by atoms with E-state index in [2.05, 4.69) is 40.7 Å². The maximum atomic E-state index is 4.59. The highest BCUT2D eigenvalue weighted by Crippen LogP contribution is 2.30. The SMILES string of the molecule is CCNc1cc(NC2CCCC2SC)nc(CC)n1. The minimum atomic E-state index is 0.545. The van der Waals surface area contributed by atoms with Crippen LogP contribution in [0.15, 0.2) is 6.07 Å². The van der Waals surface area contributed by atoms with Crippen LogP contribution in [0.2, 0.25) is 0 Å². The van der Waals surface area contributed by atoms with Gasteiger partial charge < -0.3 is 10.6 Å². The Bertz CT molecular complexity index is 410. The van der Waals surface area contributed by atoms with Gasteiger partial charge in [-0.2, -0.15) is 11.8 Å². The Morgan fingerprint density at radius 2 is 2.05 bits per heavy atom. The Labute approximate surface area is 120 Å². The van der Waals surface area contributed by atoms with Gasteiger partial charge in [-0.15, -0.1) is 0 Å². The first-order valence-electron chi connectivity index (χ1n) is 7.18. The van der Waals surface area contributed by atoms with Gasteiger partial charge in [-0.05, 0) is 26.0 Å². The van der Waals surface area contributed by atoms with Gasteiger partial charge in [-0.25, -0.2) is 9.97 Å². The molecule has 0 spiro atoms. The molecule has 2 atom stereocenters. The summed E-state index contributed by atoms with van der Waals surface area (Å²) in [5.41, 5.74) is 0. The second kappa shape index (κ2) is 6.98. The van der Waals surface area contributed by atoms with E-state index in [0.29, 0.717) is 11.3 Å². The highest BCUT2D eigenvalue weighted by Gasteiger charge is 2.26. The smallest absolute Gasteiger partial charge is 0.132 e. The molecule has 0 saturated heterocycles. The number of hydrogen-bond donors (Lipinski definition) is 2. The standard InChI is InChI=1S/C14H24N4S/c1-4-12-17-13(15-5-2)9-14(18-12)16-10-7-6-8-11(10)19-3/h9-11H,4-8H2,1-3H3,(H2,15,16,17,18). The molecule has 4 nitrogen and oxygen atoms in total. The Morgan fingerprint density at radius 1 is 1.26 bits per heavy atom. The van der Waals surface area contributed by atoms with Crippen LogP contribution in [0.5, 0.6) is 0 Å². The largest absolute Gasteiger partial charge is 0.370 e. The van der Waals surface area contributed by atoms with Crippen molar-refractivity contribution in [2.45, 2.75) is 50.8 Å². The molecule has 1 heterocycles. The lowest BCUT2D eigenvalue weighted by atomic mass is 10.2. The van der Waals surface area contributed by atoms with Crippen LogP contribution in [0, 0.1) is 0 Å². The minimum absolute atomic E-state index is 0.545. The maximum Gasteiger partial charge on any atom is 0.132 e. The molecule has 1 aliphatic rings. The predicted octanol–water partition coefficient (Wildman–Crippen LogP) is 3.17. The van der Waals surface area contributed by atoms with Crippen molar-refractivity contribution in [1.29, 1.82) is 0 Å². The summed E-state index contributed by atoms with van der Waals surface area (Å²) < 4.78 is 0. The van der Waals surface area contributed by atoms with E-state index in [1.807, 2.05) is 17.8 Å². The molecule has 5 heteroatoms. The normalized spacial score (nSPS) is 22.5. The molecule has 0 aromatic carbocycles. The fourth-order valence-electron chi connectivity index (χ4n) is 2.56. The van der Waals surface area contributed by atoms with Gasteiger partial charge in [0.2, 0.25) is 0 Å². The molecule has 0 radical (unpaired) electrons. The minimum Gasteiger partial charge on any atom is -0.370 e. The van der Waals surface area contributed by atoms with Gasteiger partial charge in [0.1, 0.15) is 17.5 Å². The lowest BCUT2D eigenvalue weighted by molar-refractivity contribution is 0.759. The number of aromatic nitrogens is 2. The van der Waals surface area contributed by atoms with Crippen molar-refractivity contribution in [3.63, 3.8) is 0 Å². The molecule has 2 unspecified atom stereocenters. The van der Waals surface area contributed by atoms with Crippen LogP contribution in [-0.2, 0) is 6.42 Å². The summed E-state index contributed by atoms with van der Waals surface area (Å²) in [6, 6.07) is 2.57. The highest BCUT2D eigenvalue weighted by molar-refractivity contribution is 7.99. The van der Waals surface area contributed by atoms with E-state index in [0.717, 1.165) is 30.4 Å². The van der Waals surface area contributed by atoms with Crippen LogP contribution >= 0.6 is 11.8 Å².